The first-order valence-electron chi connectivity index (χ1n) is 7.24. The van der Waals surface area contributed by atoms with Crippen LogP contribution in [0.15, 0.2) is 24.3 Å². The number of hydrogen-bond acceptors (Lipinski definition) is 1. The zero-order valence-corrected chi connectivity index (χ0v) is 12.3. The molecule has 1 atom stereocenters. The predicted molar refractivity (Wildman–Crippen MR) is 78.9 cm³/mol. The van der Waals surface area contributed by atoms with Gasteiger partial charge in [0, 0.05) is 6.04 Å². The van der Waals surface area contributed by atoms with E-state index in [2.05, 4.69) is 57.3 Å². The Morgan fingerprint density at radius 2 is 2.00 bits per heavy atom. The first-order chi connectivity index (χ1) is 8.45. The fourth-order valence-corrected chi connectivity index (χ4v) is 2.40. The molecule has 1 N–H and O–H groups in total. The van der Waals surface area contributed by atoms with Gasteiger partial charge in [0.2, 0.25) is 0 Å². The van der Waals surface area contributed by atoms with Crippen molar-refractivity contribution >= 4 is 0 Å². The van der Waals surface area contributed by atoms with Crippen LogP contribution < -0.4 is 5.32 Å². The lowest BCUT2D eigenvalue weighted by Crippen LogP contribution is -2.34. The van der Waals surface area contributed by atoms with Crippen LogP contribution >= 0.6 is 0 Å². The van der Waals surface area contributed by atoms with Crippen LogP contribution in [0.3, 0.4) is 0 Å². The quantitative estimate of drug-likeness (QED) is 0.828. The van der Waals surface area contributed by atoms with Crippen molar-refractivity contribution in [3.05, 3.63) is 35.4 Å². The van der Waals surface area contributed by atoms with Crippen molar-refractivity contribution in [2.45, 2.75) is 53.0 Å². The lowest BCUT2D eigenvalue weighted by molar-refractivity contribution is 0.230. The molecule has 2 rings (SSSR count). The average molecular weight is 245 g/mol. The summed E-state index contributed by atoms with van der Waals surface area (Å²) >= 11 is 0. The smallest absolute Gasteiger partial charge is 0.00683 e. The van der Waals surface area contributed by atoms with Gasteiger partial charge in [0.15, 0.2) is 0 Å². The molecule has 0 radical (unpaired) electrons. The van der Waals surface area contributed by atoms with Crippen LogP contribution in [0, 0.1) is 18.3 Å². The summed E-state index contributed by atoms with van der Waals surface area (Å²) in [6.07, 6.45) is 3.94. The van der Waals surface area contributed by atoms with Crippen LogP contribution in [-0.2, 0) is 6.42 Å². The summed E-state index contributed by atoms with van der Waals surface area (Å²) < 4.78 is 0. The maximum Gasteiger partial charge on any atom is 0.00683 e. The van der Waals surface area contributed by atoms with Gasteiger partial charge >= 0.3 is 0 Å². The Balaban J connectivity index is 1.99. The van der Waals surface area contributed by atoms with E-state index in [4.69, 9.17) is 0 Å². The fraction of sp³-hybridized carbons (Fsp3) is 0.647. The molecule has 1 fully saturated rings. The molecular weight excluding hydrogens is 218 g/mol. The minimum Gasteiger partial charge on any atom is -0.314 e. The third kappa shape index (κ3) is 4.13. The van der Waals surface area contributed by atoms with Gasteiger partial charge in [-0.3, -0.25) is 0 Å². The van der Waals surface area contributed by atoms with E-state index in [9.17, 15) is 0 Å². The Hall–Kier alpha value is -0.820. The Morgan fingerprint density at radius 1 is 1.28 bits per heavy atom. The standard InChI is InChI=1S/C17H27N/c1-13-6-5-7-14(10-13)11-15(17(2,3)4)12-18-16-8-9-16/h5-7,10,15-16,18H,8-9,11-12H2,1-4H3. The van der Waals surface area contributed by atoms with Crippen molar-refractivity contribution in [2.24, 2.45) is 11.3 Å². The molecule has 1 aliphatic carbocycles. The second-order valence-corrected chi connectivity index (χ2v) is 6.94. The van der Waals surface area contributed by atoms with Gasteiger partial charge in [0.25, 0.3) is 0 Å². The lowest BCUT2D eigenvalue weighted by atomic mass is 9.77. The molecule has 0 amide bonds. The van der Waals surface area contributed by atoms with Crippen LogP contribution in [0.25, 0.3) is 0 Å². The summed E-state index contributed by atoms with van der Waals surface area (Å²) in [7, 11) is 0. The number of rotatable bonds is 5. The van der Waals surface area contributed by atoms with Gasteiger partial charge < -0.3 is 5.32 Å². The van der Waals surface area contributed by atoms with Gasteiger partial charge in [-0.2, -0.15) is 0 Å². The molecule has 1 aromatic carbocycles. The monoisotopic (exact) mass is 245 g/mol. The number of benzene rings is 1. The third-order valence-corrected chi connectivity index (χ3v) is 4.02. The van der Waals surface area contributed by atoms with E-state index in [0.717, 1.165) is 12.6 Å². The van der Waals surface area contributed by atoms with Crippen molar-refractivity contribution < 1.29 is 0 Å². The summed E-state index contributed by atoms with van der Waals surface area (Å²) in [6.45, 7) is 10.4. The minimum absolute atomic E-state index is 0.367. The maximum absolute atomic E-state index is 3.70. The van der Waals surface area contributed by atoms with Gasteiger partial charge in [0.1, 0.15) is 0 Å². The number of aryl methyl sites for hydroxylation is 1. The minimum atomic E-state index is 0.367. The summed E-state index contributed by atoms with van der Waals surface area (Å²) in [4.78, 5) is 0. The van der Waals surface area contributed by atoms with Crippen molar-refractivity contribution in [1.29, 1.82) is 0 Å². The first kappa shape index (κ1) is 13.6. The maximum atomic E-state index is 3.70. The fourth-order valence-electron chi connectivity index (χ4n) is 2.40. The summed E-state index contributed by atoms with van der Waals surface area (Å²) in [5.74, 6) is 0.708. The Kier molecular flexibility index (Phi) is 4.11. The summed E-state index contributed by atoms with van der Waals surface area (Å²) in [6, 6.07) is 9.77. The number of hydrogen-bond donors (Lipinski definition) is 1. The molecule has 1 nitrogen and oxygen atoms in total. The van der Waals surface area contributed by atoms with Crippen LogP contribution in [-0.4, -0.2) is 12.6 Å². The molecule has 1 heteroatoms. The normalized spacial score (nSPS) is 17.8. The largest absolute Gasteiger partial charge is 0.314 e. The highest BCUT2D eigenvalue weighted by Gasteiger charge is 2.28. The molecule has 0 aromatic heterocycles. The van der Waals surface area contributed by atoms with E-state index < -0.39 is 0 Å². The second kappa shape index (κ2) is 5.44. The van der Waals surface area contributed by atoms with Crippen LogP contribution in [0.5, 0.6) is 0 Å². The highest BCUT2D eigenvalue weighted by Crippen LogP contribution is 2.30. The molecule has 1 aromatic rings. The molecule has 1 aliphatic rings. The van der Waals surface area contributed by atoms with E-state index in [1.165, 1.54) is 30.4 Å². The third-order valence-electron chi connectivity index (χ3n) is 4.02. The molecule has 0 heterocycles. The predicted octanol–water partition coefficient (Wildman–Crippen LogP) is 3.95. The zero-order chi connectivity index (χ0) is 13.2. The van der Waals surface area contributed by atoms with Crippen LogP contribution in [0.2, 0.25) is 0 Å². The topological polar surface area (TPSA) is 12.0 Å². The van der Waals surface area contributed by atoms with Gasteiger partial charge in [-0.1, -0.05) is 50.6 Å². The molecular formula is C17H27N. The van der Waals surface area contributed by atoms with E-state index >= 15 is 0 Å². The molecule has 100 valence electrons. The van der Waals surface area contributed by atoms with E-state index in [-0.39, 0.29) is 0 Å². The summed E-state index contributed by atoms with van der Waals surface area (Å²) in [5, 5.41) is 3.70. The zero-order valence-electron chi connectivity index (χ0n) is 12.3. The van der Waals surface area contributed by atoms with Crippen LogP contribution in [0.4, 0.5) is 0 Å². The van der Waals surface area contributed by atoms with Crippen molar-refractivity contribution in [3.8, 4) is 0 Å². The average Bonchev–Trinajstić information content (AvgIpc) is 3.06. The van der Waals surface area contributed by atoms with Crippen molar-refractivity contribution in [1.82, 2.24) is 5.32 Å². The van der Waals surface area contributed by atoms with Crippen molar-refractivity contribution in [2.75, 3.05) is 6.54 Å². The lowest BCUT2D eigenvalue weighted by Gasteiger charge is -2.31. The summed E-state index contributed by atoms with van der Waals surface area (Å²) in [5.41, 5.74) is 3.22. The highest BCUT2D eigenvalue weighted by atomic mass is 14.9. The Morgan fingerprint density at radius 3 is 2.56 bits per heavy atom. The second-order valence-electron chi connectivity index (χ2n) is 6.94. The van der Waals surface area contributed by atoms with Gasteiger partial charge in [-0.05, 0) is 49.6 Å². The SMILES string of the molecule is Cc1cccc(CC(CNC2CC2)C(C)(C)C)c1. The first-order valence-corrected chi connectivity index (χ1v) is 7.24. The van der Waals surface area contributed by atoms with E-state index in [1.54, 1.807) is 0 Å². The van der Waals surface area contributed by atoms with E-state index in [0.29, 0.717) is 11.3 Å². The van der Waals surface area contributed by atoms with Gasteiger partial charge in [0.05, 0.1) is 0 Å². The number of nitrogens with one attached hydrogen (secondary N) is 1. The molecule has 0 aliphatic heterocycles. The molecule has 1 saturated carbocycles. The Labute approximate surface area is 112 Å². The van der Waals surface area contributed by atoms with Crippen molar-refractivity contribution in [3.63, 3.8) is 0 Å². The molecule has 0 bridgehead atoms. The molecule has 0 spiro atoms. The van der Waals surface area contributed by atoms with E-state index in [1.807, 2.05) is 0 Å². The highest BCUT2D eigenvalue weighted by molar-refractivity contribution is 5.22. The molecule has 18 heavy (non-hydrogen) atoms. The molecule has 1 unspecified atom stereocenters. The van der Waals surface area contributed by atoms with Crippen LogP contribution in [0.1, 0.15) is 44.7 Å². The Bertz CT molecular complexity index is 385. The van der Waals surface area contributed by atoms with Gasteiger partial charge in [-0.15, -0.1) is 0 Å². The van der Waals surface area contributed by atoms with Gasteiger partial charge in [-0.25, -0.2) is 0 Å². The molecule has 0 saturated heterocycles.